The second-order valence-electron chi connectivity index (χ2n) is 4.18. The molecular weight excluding hydrogens is 230 g/mol. The lowest BCUT2D eigenvalue weighted by Crippen LogP contribution is -2.31. The molecule has 0 saturated carbocycles. The molecule has 94 valence electrons. The first-order valence-electron chi connectivity index (χ1n) is 5.66. The number of amides is 1. The smallest absolute Gasteiger partial charge is 0.252 e. The van der Waals surface area contributed by atoms with Crippen LogP contribution in [0.25, 0.3) is 11.2 Å². The van der Waals surface area contributed by atoms with E-state index in [0.717, 1.165) is 6.54 Å². The van der Waals surface area contributed by atoms with E-state index in [1.165, 1.54) is 6.20 Å². The Hall–Kier alpha value is -2.08. The SMILES string of the molecule is CN(C)CCNC(=O)c1cnc2nccnc2c1. The molecule has 0 spiro atoms. The van der Waals surface area contributed by atoms with Gasteiger partial charge in [-0.05, 0) is 20.2 Å². The highest BCUT2D eigenvalue weighted by molar-refractivity contribution is 5.96. The maximum Gasteiger partial charge on any atom is 0.252 e. The van der Waals surface area contributed by atoms with Crippen molar-refractivity contribution in [3.8, 4) is 0 Å². The number of rotatable bonds is 4. The summed E-state index contributed by atoms with van der Waals surface area (Å²) in [7, 11) is 3.92. The number of hydrogen-bond donors (Lipinski definition) is 1. The standard InChI is InChI=1S/C12H15N5O/c1-17(2)6-5-15-12(18)9-7-10-11(16-8-9)14-4-3-13-10/h3-4,7-8H,5-6H2,1-2H3,(H,15,18). The molecule has 1 amide bonds. The maximum absolute atomic E-state index is 11.9. The van der Waals surface area contributed by atoms with Gasteiger partial charge in [0.05, 0.1) is 5.56 Å². The van der Waals surface area contributed by atoms with Crippen LogP contribution in [0.15, 0.2) is 24.7 Å². The molecule has 0 atom stereocenters. The summed E-state index contributed by atoms with van der Waals surface area (Å²) < 4.78 is 0. The molecule has 0 saturated heterocycles. The Balaban J connectivity index is 2.08. The summed E-state index contributed by atoms with van der Waals surface area (Å²) in [4.78, 5) is 26.1. The van der Waals surface area contributed by atoms with Crippen molar-refractivity contribution in [2.45, 2.75) is 0 Å². The molecule has 0 aromatic carbocycles. The fourth-order valence-electron chi connectivity index (χ4n) is 1.48. The third kappa shape index (κ3) is 2.98. The van der Waals surface area contributed by atoms with Crippen molar-refractivity contribution in [1.29, 1.82) is 0 Å². The van der Waals surface area contributed by atoms with Gasteiger partial charge in [-0.25, -0.2) is 9.97 Å². The van der Waals surface area contributed by atoms with E-state index in [4.69, 9.17) is 0 Å². The van der Waals surface area contributed by atoms with Gasteiger partial charge in [0.25, 0.3) is 5.91 Å². The lowest BCUT2D eigenvalue weighted by molar-refractivity contribution is 0.0951. The molecule has 1 N–H and O–H groups in total. The van der Waals surface area contributed by atoms with E-state index in [1.807, 2.05) is 19.0 Å². The first-order chi connectivity index (χ1) is 8.66. The van der Waals surface area contributed by atoms with Crippen molar-refractivity contribution in [2.24, 2.45) is 0 Å². The second-order valence-corrected chi connectivity index (χ2v) is 4.18. The van der Waals surface area contributed by atoms with Crippen LogP contribution < -0.4 is 5.32 Å². The van der Waals surface area contributed by atoms with E-state index >= 15 is 0 Å². The number of nitrogens with one attached hydrogen (secondary N) is 1. The highest BCUT2D eigenvalue weighted by Gasteiger charge is 2.07. The van der Waals surface area contributed by atoms with Crippen LogP contribution in [0.1, 0.15) is 10.4 Å². The molecule has 2 aromatic heterocycles. The number of likely N-dealkylation sites (N-methyl/N-ethyl adjacent to an activating group) is 1. The van der Waals surface area contributed by atoms with Crippen LogP contribution >= 0.6 is 0 Å². The molecule has 2 heterocycles. The van der Waals surface area contributed by atoms with Gasteiger partial charge in [0.2, 0.25) is 0 Å². The molecule has 18 heavy (non-hydrogen) atoms. The second kappa shape index (κ2) is 5.50. The Kier molecular flexibility index (Phi) is 3.78. The minimum Gasteiger partial charge on any atom is -0.351 e. The van der Waals surface area contributed by atoms with Gasteiger partial charge < -0.3 is 10.2 Å². The first-order valence-corrected chi connectivity index (χ1v) is 5.66. The van der Waals surface area contributed by atoms with Gasteiger partial charge in [-0.1, -0.05) is 0 Å². The van der Waals surface area contributed by atoms with Crippen LogP contribution in [-0.4, -0.2) is 52.9 Å². The van der Waals surface area contributed by atoms with E-state index in [2.05, 4.69) is 20.3 Å². The fraction of sp³-hybridized carbons (Fsp3) is 0.333. The van der Waals surface area contributed by atoms with Crippen molar-refractivity contribution in [2.75, 3.05) is 27.2 Å². The average molecular weight is 245 g/mol. The third-order valence-electron chi connectivity index (χ3n) is 2.43. The van der Waals surface area contributed by atoms with Gasteiger partial charge in [0.15, 0.2) is 5.65 Å². The minimum absolute atomic E-state index is 0.142. The maximum atomic E-state index is 11.9. The molecular formula is C12H15N5O. The van der Waals surface area contributed by atoms with E-state index in [9.17, 15) is 4.79 Å². The summed E-state index contributed by atoms with van der Waals surface area (Å²) in [6.07, 6.45) is 4.67. The van der Waals surface area contributed by atoms with Crippen LogP contribution in [0, 0.1) is 0 Å². The zero-order chi connectivity index (χ0) is 13.0. The molecule has 0 unspecified atom stereocenters. The zero-order valence-corrected chi connectivity index (χ0v) is 10.4. The van der Waals surface area contributed by atoms with Crippen molar-refractivity contribution in [3.63, 3.8) is 0 Å². The van der Waals surface area contributed by atoms with Crippen LogP contribution in [0.4, 0.5) is 0 Å². The van der Waals surface area contributed by atoms with E-state index in [1.54, 1.807) is 18.5 Å². The number of carbonyl (C=O) groups excluding carboxylic acids is 1. The summed E-state index contributed by atoms with van der Waals surface area (Å²) in [5.41, 5.74) is 1.67. The van der Waals surface area contributed by atoms with Gasteiger partial charge in [0.1, 0.15) is 5.52 Å². The number of fused-ring (bicyclic) bond motifs is 1. The first kappa shape index (κ1) is 12.4. The molecule has 0 aliphatic rings. The molecule has 0 radical (unpaired) electrons. The van der Waals surface area contributed by atoms with E-state index in [-0.39, 0.29) is 5.91 Å². The molecule has 6 heteroatoms. The Bertz CT molecular complexity index is 555. The Morgan fingerprint density at radius 1 is 1.28 bits per heavy atom. The number of pyridine rings is 1. The lowest BCUT2D eigenvalue weighted by atomic mass is 10.2. The lowest BCUT2D eigenvalue weighted by Gasteiger charge is -2.10. The van der Waals surface area contributed by atoms with Crippen LogP contribution in [0.3, 0.4) is 0 Å². The van der Waals surface area contributed by atoms with Crippen molar-refractivity contribution in [3.05, 3.63) is 30.2 Å². The predicted molar refractivity (Wildman–Crippen MR) is 68.2 cm³/mol. The molecule has 0 bridgehead atoms. The van der Waals surface area contributed by atoms with E-state index < -0.39 is 0 Å². The molecule has 0 aliphatic heterocycles. The number of hydrogen-bond acceptors (Lipinski definition) is 5. The summed E-state index contributed by atoms with van der Waals surface area (Å²) in [6.45, 7) is 1.40. The van der Waals surface area contributed by atoms with Gasteiger partial charge in [0, 0.05) is 31.7 Å². The molecule has 0 fully saturated rings. The van der Waals surface area contributed by atoms with Gasteiger partial charge in [-0.3, -0.25) is 9.78 Å². The van der Waals surface area contributed by atoms with Crippen molar-refractivity contribution < 1.29 is 4.79 Å². The highest BCUT2D eigenvalue weighted by Crippen LogP contribution is 2.07. The monoisotopic (exact) mass is 245 g/mol. The topological polar surface area (TPSA) is 71.0 Å². The number of aromatic nitrogens is 3. The summed E-state index contributed by atoms with van der Waals surface area (Å²) in [5, 5.41) is 2.83. The van der Waals surface area contributed by atoms with E-state index in [0.29, 0.717) is 23.3 Å². The highest BCUT2D eigenvalue weighted by atomic mass is 16.1. The zero-order valence-electron chi connectivity index (χ0n) is 10.4. The Labute approximate surface area is 105 Å². The van der Waals surface area contributed by atoms with Gasteiger partial charge >= 0.3 is 0 Å². The number of nitrogens with zero attached hydrogens (tertiary/aromatic N) is 4. The van der Waals surface area contributed by atoms with Crippen molar-refractivity contribution >= 4 is 17.1 Å². The quantitative estimate of drug-likeness (QED) is 0.839. The molecule has 2 rings (SSSR count). The van der Waals surface area contributed by atoms with Crippen LogP contribution in [-0.2, 0) is 0 Å². The molecule has 6 nitrogen and oxygen atoms in total. The summed E-state index contributed by atoms with van der Waals surface area (Å²) >= 11 is 0. The Morgan fingerprint density at radius 3 is 2.83 bits per heavy atom. The predicted octanol–water partition coefficient (Wildman–Crippen LogP) is 0.316. The average Bonchev–Trinajstić information content (AvgIpc) is 2.37. The minimum atomic E-state index is -0.142. The van der Waals surface area contributed by atoms with Crippen LogP contribution in [0.5, 0.6) is 0 Å². The van der Waals surface area contributed by atoms with Gasteiger partial charge in [-0.15, -0.1) is 0 Å². The van der Waals surface area contributed by atoms with Crippen LogP contribution in [0.2, 0.25) is 0 Å². The third-order valence-corrected chi connectivity index (χ3v) is 2.43. The Morgan fingerprint density at radius 2 is 2.06 bits per heavy atom. The molecule has 2 aromatic rings. The fourth-order valence-corrected chi connectivity index (χ4v) is 1.48. The summed E-state index contributed by atoms with van der Waals surface area (Å²) in [5.74, 6) is -0.142. The van der Waals surface area contributed by atoms with Crippen molar-refractivity contribution in [1.82, 2.24) is 25.2 Å². The van der Waals surface area contributed by atoms with Gasteiger partial charge in [-0.2, -0.15) is 0 Å². The summed E-state index contributed by atoms with van der Waals surface area (Å²) in [6, 6.07) is 1.69. The molecule has 0 aliphatic carbocycles. The normalized spacial score (nSPS) is 10.8. The largest absolute Gasteiger partial charge is 0.351 e. The number of carbonyl (C=O) groups is 1.